The Labute approximate surface area is 99.1 Å². The summed E-state index contributed by atoms with van der Waals surface area (Å²) in [5.74, 6) is 0.655. The van der Waals surface area contributed by atoms with Gasteiger partial charge in [-0.25, -0.2) is 4.98 Å². The number of aromatic nitrogens is 2. The Morgan fingerprint density at radius 2 is 2.38 bits per heavy atom. The lowest BCUT2D eigenvalue weighted by molar-refractivity contribution is 0.601. The molecule has 0 radical (unpaired) electrons. The molecule has 0 unspecified atom stereocenters. The molecule has 2 aromatic heterocycles. The molecule has 0 saturated carbocycles. The Morgan fingerprint density at radius 1 is 1.44 bits per heavy atom. The van der Waals surface area contributed by atoms with Gasteiger partial charge in [0.2, 0.25) is 0 Å². The van der Waals surface area contributed by atoms with Crippen LogP contribution < -0.4 is 0 Å². The van der Waals surface area contributed by atoms with Crippen LogP contribution in [-0.4, -0.2) is 9.97 Å². The average molecular weight is 230 g/mol. The van der Waals surface area contributed by atoms with Crippen LogP contribution in [0.2, 0.25) is 0 Å². The molecule has 1 aliphatic rings. The van der Waals surface area contributed by atoms with E-state index in [9.17, 15) is 0 Å². The van der Waals surface area contributed by atoms with Gasteiger partial charge in [-0.05, 0) is 36.8 Å². The fourth-order valence-corrected chi connectivity index (χ4v) is 3.33. The van der Waals surface area contributed by atoms with Crippen LogP contribution in [0.25, 0.3) is 15.8 Å². The largest absolute Gasteiger partial charge is 0.263 e. The second-order valence-corrected chi connectivity index (χ2v) is 5.38. The Balaban J connectivity index is 2.08. The first-order valence-electron chi connectivity index (χ1n) is 5.75. The Hall–Kier alpha value is -1.22. The van der Waals surface area contributed by atoms with Crippen LogP contribution in [0.5, 0.6) is 0 Å². The summed E-state index contributed by atoms with van der Waals surface area (Å²) in [7, 11) is 0. The number of pyridine rings is 1. The third-order valence-electron chi connectivity index (χ3n) is 3.17. The van der Waals surface area contributed by atoms with Crippen molar-refractivity contribution in [1.29, 1.82) is 0 Å². The standard InChI is InChI=1S/C13H14N2S/c1-9-4-2-3-5-10(9)13-15-11-6-7-14-8-12(11)16-13/h5-9H,2-4H2,1H3/t9-/m1/s1. The summed E-state index contributed by atoms with van der Waals surface area (Å²) < 4.78 is 1.19. The van der Waals surface area contributed by atoms with Crippen LogP contribution in [0, 0.1) is 5.92 Å². The summed E-state index contributed by atoms with van der Waals surface area (Å²) >= 11 is 1.77. The van der Waals surface area contributed by atoms with Crippen molar-refractivity contribution in [3.63, 3.8) is 0 Å². The fourth-order valence-electron chi connectivity index (χ4n) is 2.24. The van der Waals surface area contributed by atoms with Crippen LogP contribution in [0.1, 0.15) is 31.2 Å². The Kier molecular flexibility index (Phi) is 2.48. The molecule has 3 heteroatoms. The van der Waals surface area contributed by atoms with Crippen molar-refractivity contribution in [2.45, 2.75) is 26.2 Å². The summed E-state index contributed by atoms with van der Waals surface area (Å²) in [4.78, 5) is 8.84. The molecule has 16 heavy (non-hydrogen) atoms. The Bertz CT molecular complexity index is 509. The lowest BCUT2D eigenvalue weighted by Crippen LogP contribution is -2.03. The summed E-state index contributed by atoms with van der Waals surface area (Å²) in [6, 6.07) is 1.99. The van der Waals surface area contributed by atoms with Gasteiger partial charge in [0, 0.05) is 12.4 Å². The van der Waals surface area contributed by atoms with E-state index < -0.39 is 0 Å². The molecule has 3 rings (SSSR count). The number of rotatable bonds is 1. The number of hydrogen-bond acceptors (Lipinski definition) is 3. The first kappa shape index (κ1) is 9.97. The van der Waals surface area contributed by atoms with Crippen LogP contribution in [0.3, 0.4) is 0 Å². The highest BCUT2D eigenvalue weighted by Gasteiger charge is 2.17. The minimum Gasteiger partial charge on any atom is -0.263 e. The summed E-state index contributed by atoms with van der Waals surface area (Å²) in [5, 5.41) is 1.19. The maximum atomic E-state index is 4.70. The van der Waals surface area contributed by atoms with E-state index in [2.05, 4.69) is 18.0 Å². The van der Waals surface area contributed by atoms with Gasteiger partial charge in [0.25, 0.3) is 0 Å². The van der Waals surface area contributed by atoms with Crippen LogP contribution >= 0.6 is 11.3 Å². The first-order chi connectivity index (χ1) is 7.84. The van der Waals surface area contributed by atoms with Gasteiger partial charge in [0.05, 0.1) is 10.2 Å². The zero-order valence-corrected chi connectivity index (χ0v) is 10.1. The molecule has 0 saturated heterocycles. The maximum absolute atomic E-state index is 4.70. The van der Waals surface area contributed by atoms with E-state index in [1.54, 1.807) is 11.3 Å². The smallest absolute Gasteiger partial charge is 0.120 e. The third-order valence-corrected chi connectivity index (χ3v) is 4.23. The highest BCUT2D eigenvalue weighted by atomic mass is 32.1. The van der Waals surface area contributed by atoms with Gasteiger partial charge < -0.3 is 0 Å². The van der Waals surface area contributed by atoms with Gasteiger partial charge in [-0.15, -0.1) is 11.3 Å². The van der Waals surface area contributed by atoms with Crippen molar-refractivity contribution in [2.75, 3.05) is 0 Å². The van der Waals surface area contributed by atoms with Gasteiger partial charge >= 0.3 is 0 Å². The molecular weight excluding hydrogens is 216 g/mol. The fraction of sp³-hybridized carbons (Fsp3) is 0.385. The predicted octanol–water partition coefficient (Wildman–Crippen LogP) is 3.89. The average Bonchev–Trinajstić information content (AvgIpc) is 2.73. The SMILES string of the molecule is C[C@@H]1CCCC=C1c1nc2ccncc2s1. The molecule has 2 nitrogen and oxygen atoms in total. The van der Waals surface area contributed by atoms with Crippen molar-refractivity contribution in [3.8, 4) is 0 Å². The molecule has 1 aliphatic carbocycles. The lowest BCUT2D eigenvalue weighted by atomic mass is 9.90. The molecule has 1 atom stereocenters. The van der Waals surface area contributed by atoms with E-state index in [4.69, 9.17) is 4.98 Å². The van der Waals surface area contributed by atoms with E-state index in [1.165, 1.54) is 34.5 Å². The number of hydrogen-bond donors (Lipinski definition) is 0. The highest BCUT2D eigenvalue weighted by Crippen LogP contribution is 2.35. The van der Waals surface area contributed by atoms with Crippen molar-refractivity contribution >= 4 is 27.1 Å². The van der Waals surface area contributed by atoms with Gasteiger partial charge in [-0.1, -0.05) is 13.0 Å². The highest BCUT2D eigenvalue weighted by molar-refractivity contribution is 7.19. The second kappa shape index (κ2) is 3.98. The number of nitrogens with zero attached hydrogens (tertiary/aromatic N) is 2. The topological polar surface area (TPSA) is 25.8 Å². The number of allylic oxidation sites excluding steroid dienone is 2. The normalized spacial score (nSPS) is 21.1. The minimum absolute atomic E-state index is 0.655. The maximum Gasteiger partial charge on any atom is 0.120 e. The molecule has 0 amide bonds. The van der Waals surface area contributed by atoms with E-state index in [-0.39, 0.29) is 0 Å². The minimum atomic E-state index is 0.655. The molecule has 82 valence electrons. The molecule has 0 aromatic carbocycles. The molecule has 0 fully saturated rings. The number of thiazole rings is 1. The van der Waals surface area contributed by atoms with E-state index in [0.29, 0.717) is 5.92 Å². The van der Waals surface area contributed by atoms with E-state index in [1.807, 2.05) is 18.5 Å². The molecule has 0 bridgehead atoms. The van der Waals surface area contributed by atoms with E-state index in [0.717, 1.165) is 5.52 Å². The van der Waals surface area contributed by atoms with E-state index >= 15 is 0 Å². The molecule has 2 heterocycles. The van der Waals surface area contributed by atoms with Crippen molar-refractivity contribution in [2.24, 2.45) is 5.92 Å². The molecule has 0 spiro atoms. The van der Waals surface area contributed by atoms with Gasteiger partial charge in [0.15, 0.2) is 0 Å². The van der Waals surface area contributed by atoms with Crippen LogP contribution in [-0.2, 0) is 0 Å². The van der Waals surface area contributed by atoms with Gasteiger partial charge in [-0.2, -0.15) is 0 Å². The molecular formula is C13H14N2S. The summed E-state index contributed by atoms with van der Waals surface area (Å²) in [6.45, 7) is 2.30. The predicted molar refractivity (Wildman–Crippen MR) is 68.4 cm³/mol. The molecule has 2 aromatic rings. The first-order valence-corrected chi connectivity index (χ1v) is 6.57. The van der Waals surface area contributed by atoms with Crippen LogP contribution in [0.15, 0.2) is 24.5 Å². The zero-order chi connectivity index (χ0) is 11.0. The summed E-state index contributed by atoms with van der Waals surface area (Å²) in [5.41, 5.74) is 2.51. The molecule has 0 N–H and O–H groups in total. The second-order valence-electron chi connectivity index (χ2n) is 4.35. The lowest BCUT2D eigenvalue weighted by Gasteiger charge is -2.18. The van der Waals surface area contributed by atoms with Crippen LogP contribution in [0.4, 0.5) is 0 Å². The van der Waals surface area contributed by atoms with Crippen molar-refractivity contribution < 1.29 is 0 Å². The summed E-state index contributed by atoms with van der Waals surface area (Å²) in [6.07, 6.45) is 9.89. The van der Waals surface area contributed by atoms with Crippen molar-refractivity contribution in [1.82, 2.24) is 9.97 Å². The quantitative estimate of drug-likeness (QED) is 0.742. The third kappa shape index (κ3) is 1.65. The van der Waals surface area contributed by atoms with Gasteiger partial charge in [0.1, 0.15) is 5.01 Å². The number of fused-ring (bicyclic) bond motifs is 1. The molecule has 0 aliphatic heterocycles. The monoisotopic (exact) mass is 230 g/mol. The zero-order valence-electron chi connectivity index (χ0n) is 9.31. The Morgan fingerprint density at radius 3 is 3.19 bits per heavy atom. The van der Waals surface area contributed by atoms with Crippen molar-refractivity contribution in [3.05, 3.63) is 29.5 Å². The van der Waals surface area contributed by atoms with Gasteiger partial charge in [-0.3, -0.25) is 4.98 Å².